The number of carbonyl (C=O) groups excluding carboxylic acids is 1. The van der Waals surface area contributed by atoms with Gasteiger partial charge in [-0.15, -0.1) is 0 Å². The molecule has 1 amide bonds. The summed E-state index contributed by atoms with van der Waals surface area (Å²) in [6.45, 7) is 5.76. The first-order valence-electron chi connectivity index (χ1n) is 11.8. The third kappa shape index (κ3) is 5.49. The van der Waals surface area contributed by atoms with Gasteiger partial charge in [-0.05, 0) is 61.7 Å². The Balaban J connectivity index is 1.53. The van der Waals surface area contributed by atoms with E-state index in [0.717, 1.165) is 28.2 Å². The number of sulfonamides is 1. The fourth-order valence-corrected chi connectivity index (χ4v) is 5.46. The van der Waals surface area contributed by atoms with Crippen LogP contribution in [-0.4, -0.2) is 30.4 Å². The van der Waals surface area contributed by atoms with Crippen molar-refractivity contribution in [3.05, 3.63) is 108 Å². The number of rotatable bonds is 9. The second-order valence-electron chi connectivity index (χ2n) is 8.59. The maximum atomic E-state index is 13.6. The van der Waals surface area contributed by atoms with Gasteiger partial charge >= 0.3 is 0 Å². The molecule has 4 aromatic rings. The van der Waals surface area contributed by atoms with Gasteiger partial charge in [0.05, 0.1) is 10.6 Å². The average molecular weight is 503 g/mol. The van der Waals surface area contributed by atoms with Crippen LogP contribution in [-0.2, 0) is 27.8 Å². The first kappa shape index (κ1) is 25.2. The molecule has 0 bridgehead atoms. The molecule has 0 aliphatic rings. The number of aryl methyl sites for hydroxylation is 3. The fraction of sp³-hybridized carbons (Fsp3) is 0.214. The molecule has 0 saturated heterocycles. The Bertz CT molecular complexity index is 1440. The molecule has 0 unspecified atom stereocenters. The minimum atomic E-state index is -3.95. The highest BCUT2D eigenvalue weighted by Crippen LogP contribution is 2.27. The molecule has 1 N–H and O–H groups in total. The zero-order valence-electron chi connectivity index (χ0n) is 20.7. The normalized spacial score (nSPS) is 11.3. The molecule has 0 atom stereocenters. The molecule has 0 radical (unpaired) electrons. The minimum absolute atomic E-state index is 0.150. The molecule has 4 rings (SSSR count). The first-order valence-corrected chi connectivity index (χ1v) is 13.3. The molecule has 0 aliphatic carbocycles. The van der Waals surface area contributed by atoms with Crippen molar-refractivity contribution >= 4 is 21.6 Å². The monoisotopic (exact) mass is 502 g/mol. The molecule has 0 fully saturated rings. The van der Waals surface area contributed by atoms with Crippen molar-refractivity contribution in [1.29, 1.82) is 0 Å². The maximum Gasteiger partial charge on any atom is 0.264 e. The Morgan fingerprint density at radius 3 is 2.31 bits per heavy atom. The molecule has 0 saturated carbocycles. The molecular weight excluding hydrogens is 472 g/mol. The second-order valence-corrected chi connectivity index (χ2v) is 10.5. The van der Waals surface area contributed by atoms with E-state index >= 15 is 0 Å². The topological polar surface area (TPSA) is 84.3 Å². The molecule has 0 spiro atoms. The predicted molar refractivity (Wildman–Crippen MR) is 142 cm³/mol. The summed E-state index contributed by atoms with van der Waals surface area (Å²) in [5.74, 6) is 0.504. The largest absolute Gasteiger partial charge is 0.350 e. The molecule has 0 aliphatic heterocycles. The van der Waals surface area contributed by atoms with Crippen LogP contribution in [0.15, 0.2) is 90.1 Å². The van der Waals surface area contributed by atoms with Crippen LogP contribution in [0.5, 0.6) is 0 Å². The molecule has 3 aromatic carbocycles. The molecule has 8 heteroatoms. The lowest BCUT2D eigenvalue weighted by molar-refractivity contribution is -0.119. The number of anilines is 1. The van der Waals surface area contributed by atoms with Crippen LogP contribution in [0.4, 0.5) is 5.69 Å². The predicted octanol–water partition coefficient (Wildman–Crippen LogP) is 4.56. The molecule has 186 valence electrons. The number of imidazole rings is 1. The van der Waals surface area contributed by atoms with Crippen molar-refractivity contribution in [2.45, 2.75) is 38.6 Å². The highest BCUT2D eigenvalue weighted by Gasteiger charge is 2.28. The van der Waals surface area contributed by atoms with Gasteiger partial charge in [-0.3, -0.25) is 9.10 Å². The number of aromatic nitrogens is 2. The van der Waals surface area contributed by atoms with Gasteiger partial charge in [0.25, 0.3) is 10.0 Å². The van der Waals surface area contributed by atoms with E-state index in [-0.39, 0.29) is 23.9 Å². The van der Waals surface area contributed by atoms with E-state index < -0.39 is 10.0 Å². The third-order valence-corrected chi connectivity index (χ3v) is 7.84. The zero-order valence-corrected chi connectivity index (χ0v) is 21.5. The van der Waals surface area contributed by atoms with Crippen LogP contribution in [0.25, 0.3) is 5.69 Å². The Hall–Kier alpha value is -3.91. The number of amides is 1. The highest BCUT2D eigenvalue weighted by molar-refractivity contribution is 7.92. The van der Waals surface area contributed by atoms with Gasteiger partial charge in [0.2, 0.25) is 5.91 Å². The summed E-state index contributed by atoms with van der Waals surface area (Å²) in [6, 6.07) is 21.7. The summed E-state index contributed by atoms with van der Waals surface area (Å²) < 4.78 is 30.5. The summed E-state index contributed by atoms with van der Waals surface area (Å²) >= 11 is 0. The molecular formula is C28H30N4O3S. The number of hydrogen-bond donors (Lipinski definition) is 1. The smallest absolute Gasteiger partial charge is 0.264 e. The number of hydrogen-bond acceptors (Lipinski definition) is 4. The average Bonchev–Trinajstić information content (AvgIpc) is 3.32. The summed E-state index contributed by atoms with van der Waals surface area (Å²) in [5.41, 5.74) is 4.21. The Morgan fingerprint density at radius 2 is 1.67 bits per heavy atom. The van der Waals surface area contributed by atoms with Crippen LogP contribution in [0, 0.1) is 13.8 Å². The first-order chi connectivity index (χ1) is 17.3. The van der Waals surface area contributed by atoms with Crippen molar-refractivity contribution < 1.29 is 13.2 Å². The lowest BCUT2D eigenvalue weighted by Gasteiger charge is -2.26. The van der Waals surface area contributed by atoms with E-state index in [0.29, 0.717) is 12.1 Å². The van der Waals surface area contributed by atoms with Gasteiger partial charge in [0.1, 0.15) is 12.4 Å². The van der Waals surface area contributed by atoms with Gasteiger partial charge in [0, 0.05) is 24.6 Å². The van der Waals surface area contributed by atoms with Crippen LogP contribution in [0.1, 0.15) is 29.4 Å². The maximum absolute atomic E-state index is 13.6. The fourth-order valence-electron chi connectivity index (χ4n) is 4.00. The highest BCUT2D eigenvalue weighted by atomic mass is 32.2. The summed E-state index contributed by atoms with van der Waals surface area (Å²) in [6.07, 6.45) is 4.28. The SMILES string of the molecule is CCc1ccccc1N(CC(=O)NCc1ccc(-n2ccnc2C)cc1)S(=O)(=O)c1ccc(C)cc1. The minimum Gasteiger partial charge on any atom is -0.350 e. The summed E-state index contributed by atoms with van der Waals surface area (Å²) in [4.78, 5) is 17.4. The van der Waals surface area contributed by atoms with E-state index in [1.165, 1.54) is 4.31 Å². The van der Waals surface area contributed by atoms with Gasteiger partial charge in [-0.1, -0.05) is 55.0 Å². The number of benzene rings is 3. The van der Waals surface area contributed by atoms with Crippen molar-refractivity contribution in [1.82, 2.24) is 14.9 Å². The van der Waals surface area contributed by atoms with Crippen molar-refractivity contribution in [3.8, 4) is 5.69 Å². The quantitative estimate of drug-likeness (QED) is 0.364. The van der Waals surface area contributed by atoms with Crippen molar-refractivity contribution in [2.24, 2.45) is 0 Å². The van der Waals surface area contributed by atoms with E-state index in [9.17, 15) is 13.2 Å². The second kappa shape index (κ2) is 10.8. The Kier molecular flexibility index (Phi) is 7.55. The van der Waals surface area contributed by atoms with E-state index in [2.05, 4.69) is 10.3 Å². The summed E-state index contributed by atoms with van der Waals surface area (Å²) in [5, 5.41) is 2.87. The Morgan fingerprint density at radius 1 is 0.972 bits per heavy atom. The van der Waals surface area contributed by atoms with Gasteiger partial charge in [-0.25, -0.2) is 13.4 Å². The summed E-state index contributed by atoms with van der Waals surface area (Å²) in [7, 11) is -3.95. The van der Waals surface area contributed by atoms with Crippen molar-refractivity contribution in [3.63, 3.8) is 0 Å². The third-order valence-electron chi connectivity index (χ3n) is 6.07. The number of nitrogens with one attached hydrogen (secondary N) is 1. The van der Waals surface area contributed by atoms with Gasteiger partial charge in [0.15, 0.2) is 0 Å². The molecule has 1 aromatic heterocycles. The Labute approximate surface area is 212 Å². The van der Waals surface area contributed by atoms with Crippen LogP contribution < -0.4 is 9.62 Å². The number of para-hydroxylation sites is 1. The van der Waals surface area contributed by atoms with E-state index in [4.69, 9.17) is 0 Å². The molecule has 7 nitrogen and oxygen atoms in total. The lowest BCUT2D eigenvalue weighted by Crippen LogP contribution is -2.41. The lowest BCUT2D eigenvalue weighted by atomic mass is 10.1. The van der Waals surface area contributed by atoms with Crippen molar-refractivity contribution in [2.75, 3.05) is 10.8 Å². The van der Waals surface area contributed by atoms with Crippen LogP contribution in [0.2, 0.25) is 0 Å². The van der Waals surface area contributed by atoms with Gasteiger partial charge < -0.3 is 9.88 Å². The number of carbonyl (C=O) groups is 1. The van der Waals surface area contributed by atoms with Gasteiger partial charge in [-0.2, -0.15) is 0 Å². The van der Waals surface area contributed by atoms with E-state index in [1.807, 2.05) is 67.9 Å². The zero-order chi connectivity index (χ0) is 25.7. The number of nitrogens with zero attached hydrogens (tertiary/aromatic N) is 3. The van der Waals surface area contributed by atoms with Crippen LogP contribution >= 0.6 is 0 Å². The standard InChI is InChI=1S/C28H30N4O3S/c1-4-24-7-5-6-8-27(24)32(36(34,35)26-15-9-21(2)10-16-26)20-28(33)30-19-23-11-13-25(14-12-23)31-18-17-29-22(31)3/h5-18H,4,19-20H2,1-3H3,(H,30,33). The molecule has 36 heavy (non-hydrogen) atoms. The molecule has 1 heterocycles. The van der Waals surface area contributed by atoms with Crippen LogP contribution in [0.3, 0.4) is 0 Å². The van der Waals surface area contributed by atoms with E-state index in [1.54, 1.807) is 42.6 Å².